The molecule has 2 aromatic rings. The van der Waals surface area contributed by atoms with E-state index in [0.29, 0.717) is 12.4 Å². The van der Waals surface area contributed by atoms with Crippen LogP contribution in [0.25, 0.3) is 0 Å². The summed E-state index contributed by atoms with van der Waals surface area (Å²) < 4.78 is 0. The Bertz CT molecular complexity index is 493. The van der Waals surface area contributed by atoms with Crippen LogP contribution in [0.1, 0.15) is 22.7 Å². The summed E-state index contributed by atoms with van der Waals surface area (Å²) in [7, 11) is 0. The number of H-pyrrole nitrogens is 1. The van der Waals surface area contributed by atoms with Crippen molar-refractivity contribution in [1.29, 1.82) is 0 Å². The second-order valence-corrected chi connectivity index (χ2v) is 3.74. The number of hydrogen-bond acceptors (Lipinski definition) is 5. The van der Waals surface area contributed by atoms with Gasteiger partial charge in [-0.05, 0) is 18.6 Å². The third-order valence-electron chi connectivity index (χ3n) is 2.35. The van der Waals surface area contributed by atoms with Gasteiger partial charge in [0.2, 0.25) is 0 Å². The van der Waals surface area contributed by atoms with E-state index in [4.69, 9.17) is 5.73 Å². The van der Waals surface area contributed by atoms with Crippen LogP contribution >= 0.6 is 0 Å². The first kappa shape index (κ1) is 12.0. The molecule has 0 aliphatic heterocycles. The molecule has 7 heteroatoms. The molecule has 2 rings (SSSR count). The lowest BCUT2D eigenvalue weighted by atomic mass is 10.3. The van der Waals surface area contributed by atoms with Crippen molar-refractivity contribution < 1.29 is 4.79 Å². The highest BCUT2D eigenvalue weighted by atomic mass is 16.1. The number of nitrogens with two attached hydrogens (primary N) is 1. The molecule has 2 aromatic heterocycles. The standard InChI is InChI=1S/C11H14N6O/c12-9-4-3-8(16-17-9)11(18)15-5-1-2-10-13-6-7-14-10/h3-4,6-7H,1-2,5H2,(H2,12,17)(H,13,14)(H,15,18). The number of imidazole rings is 1. The van der Waals surface area contributed by atoms with Crippen molar-refractivity contribution in [2.45, 2.75) is 12.8 Å². The molecule has 0 fully saturated rings. The molecule has 0 atom stereocenters. The maximum absolute atomic E-state index is 11.6. The topological polar surface area (TPSA) is 110 Å². The highest BCUT2D eigenvalue weighted by Crippen LogP contribution is 1.98. The second kappa shape index (κ2) is 5.76. The van der Waals surface area contributed by atoms with E-state index in [1.807, 2.05) is 0 Å². The third-order valence-corrected chi connectivity index (χ3v) is 2.35. The Morgan fingerprint density at radius 3 is 2.94 bits per heavy atom. The van der Waals surface area contributed by atoms with Gasteiger partial charge in [0, 0.05) is 25.4 Å². The SMILES string of the molecule is Nc1ccc(C(=O)NCCCc2ncc[nH]2)nn1. The number of carbonyl (C=O) groups is 1. The number of amides is 1. The average Bonchev–Trinajstić information content (AvgIpc) is 2.88. The number of aromatic amines is 1. The molecule has 0 aliphatic carbocycles. The summed E-state index contributed by atoms with van der Waals surface area (Å²) in [4.78, 5) is 18.7. The van der Waals surface area contributed by atoms with Crippen molar-refractivity contribution in [3.63, 3.8) is 0 Å². The summed E-state index contributed by atoms with van der Waals surface area (Å²) in [5.74, 6) is 0.961. The van der Waals surface area contributed by atoms with E-state index in [9.17, 15) is 4.79 Å². The highest BCUT2D eigenvalue weighted by Gasteiger charge is 2.06. The largest absolute Gasteiger partial charge is 0.382 e. The predicted octanol–water partition coefficient (Wildman–Crippen LogP) is 0.144. The molecule has 0 spiro atoms. The molecule has 1 amide bonds. The second-order valence-electron chi connectivity index (χ2n) is 3.74. The van der Waals surface area contributed by atoms with E-state index >= 15 is 0 Å². The van der Waals surface area contributed by atoms with Crippen LogP contribution in [0.5, 0.6) is 0 Å². The molecule has 0 bridgehead atoms. The normalized spacial score (nSPS) is 10.2. The summed E-state index contributed by atoms with van der Waals surface area (Å²) in [5, 5.41) is 10.1. The Labute approximate surface area is 104 Å². The van der Waals surface area contributed by atoms with Crippen LogP contribution in [0.2, 0.25) is 0 Å². The summed E-state index contributed by atoms with van der Waals surface area (Å²) in [6.07, 6.45) is 5.08. The zero-order chi connectivity index (χ0) is 12.8. The fourth-order valence-corrected chi connectivity index (χ4v) is 1.45. The quantitative estimate of drug-likeness (QED) is 0.650. The van der Waals surface area contributed by atoms with Crippen molar-refractivity contribution in [2.75, 3.05) is 12.3 Å². The van der Waals surface area contributed by atoms with E-state index in [0.717, 1.165) is 18.7 Å². The Morgan fingerprint density at radius 2 is 2.28 bits per heavy atom. The van der Waals surface area contributed by atoms with Gasteiger partial charge in [-0.2, -0.15) is 0 Å². The van der Waals surface area contributed by atoms with Crippen molar-refractivity contribution >= 4 is 11.7 Å². The Hall–Kier alpha value is -2.44. The van der Waals surface area contributed by atoms with E-state index in [1.54, 1.807) is 24.5 Å². The molecular formula is C11H14N6O. The minimum Gasteiger partial charge on any atom is -0.382 e. The molecule has 0 saturated heterocycles. The molecule has 7 nitrogen and oxygen atoms in total. The zero-order valence-electron chi connectivity index (χ0n) is 9.76. The number of hydrogen-bond donors (Lipinski definition) is 3. The number of carbonyl (C=O) groups excluding carboxylic acids is 1. The van der Waals surface area contributed by atoms with Gasteiger partial charge in [0.05, 0.1) is 0 Å². The molecule has 0 saturated carbocycles. The van der Waals surface area contributed by atoms with Crippen LogP contribution in [0.15, 0.2) is 24.5 Å². The maximum Gasteiger partial charge on any atom is 0.271 e. The predicted molar refractivity (Wildman–Crippen MR) is 65.7 cm³/mol. The lowest BCUT2D eigenvalue weighted by Crippen LogP contribution is -2.26. The van der Waals surface area contributed by atoms with Gasteiger partial charge in [-0.1, -0.05) is 0 Å². The number of nitrogens with zero attached hydrogens (tertiary/aromatic N) is 3. The average molecular weight is 246 g/mol. The fraction of sp³-hybridized carbons (Fsp3) is 0.273. The summed E-state index contributed by atoms with van der Waals surface area (Å²) >= 11 is 0. The lowest BCUT2D eigenvalue weighted by Gasteiger charge is -2.03. The first-order valence-electron chi connectivity index (χ1n) is 5.61. The smallest absolute Gasteiger partial charge is 0.271 e. The van der Waals surface area contributed by atoms with Gasteiger partial charge in [-0.25, -0.2) is 4.98 Å². The van der Waals surface area contributed by atoms with Gasteiger partial charge >= 0.3 is 0 Å². The maximum atomic E-state index is 11.6. The molecule has 18 heavy (non-hydrogen) atoms. The number of nitrogens with one attached hydrogen (secondary N) is 2. The van der Waals surface area contributed by atoms with E-state index in [-0.39, 0.29) is 11.6 Å². The summed E-state index contributed by atoms with van der Waals surface area (Å²) in [6, 6.07) is 3.09. The molecule has 2 heterocycles. The number of aryl methyl sites for hydroxylation is 1. The van der Waals surface area contributed by atoms with Crippen LogP contribution in [0, 0.1) is 0 Å². The lowest BCUT2D eigenvalue weighted by molar-refractivity contribution is 0.0947. The highest BCUT2D eigenvalue weighted by molar-refractivity contribution is 5.92. The molecular weight excluding hydrogens is 232 g/mol. The van der Waals surface area contributed by atoms with Crippen LogP contribution < -0.4 is 11.1 Å². The molecule has 0 radical (unpaired) electrons. The van der Waals surface area contributed by atoms with Gasteiger partial charge in [-0.3, -0.25) is 4.79 Å². The minimum absolute atomic E-state index is 0.248. The number of aromatic nitrogens is 4. The number of rotatable bonds is 5. The Morgan fingerprint density at radius 1 is 1.39 bits per heavy atom. The van der Waals surface area contributed by atoms with Crippen LogP contribution in [-0.2, 0) is 6.42 Å². The van der Waals surface area contributed by atoms with E-state index < -0.39 is 0 Å². The van der Waals surface area contributed by atoms with Gasteiger partial charge in [0.1, 0.15) is 11.6 Å². The van der Waals surface area contributed by atoms with E-state index in [2.05, 4.69) is 25.5 Å². The van der Waals surface area contributed by atoms with E-state index in [1.165, 1.54) is 0 Å². The Kier molecular flexibility index (Phi) is 3.85. The van der Waals surface area contributed by atoms with Crippen LogP contribution in [0.3, 0.4) is 0 Å². The van der Waals surface area contributed by atoms with Crippen molar-refractivity contribution in [1.82, 2.24) is 25.5 Å². The molecule has 0 unspecified atom stereocenters. The van der Waals surface area contributed by atoms with Crippen molar-refractivity contribution in [3.05, 3.63) is 36.0 Å². The number of nitrogen functional groups attached to an aromatic ring is 1. The van der Waals surface area contributed by atoms with Gasteiger partial charge in [0.25, 0.3) is 5.91 Å². The monoisotopic (exact) mass is 246 g/mol. The van der Waals surface area contributed by atoms with Crippen molar-refractivity contribution in [3.8, 4) is 0 Å². The Balaban J connectivity index is 1.73. The fourth-order valence-electron chi connectivity index (χ4n) is 1.45. The van der Waals surface area contributed by atoms with Gasteiger partial charge in [-0.15, -0.1) is 10.2 Å². The first-order chi connectivity index (χ1) is 8.75. The number of anilines is 1. The molecule has 94 valence electrons. The summed E-state index contributed by atoms with van der Waals surface area (Å²) in [5.41, 5.74) is 5.65. The summed E-state index contributed by atoms with van der Waals surface area (Å²) in [6.45, 7) is 0.561. The zero-order valence-corrected chi connectivity index (χ0v) is 9.76. The third kappa shape index (κ3) is 3.27. The van der Waals surface area contributed by atoms with Crippen molar-refractivity contribution in [2.24, 2.45) is 0 Å². The van der Waals surface area contributed by atoms with Crippen LogP contribution in [-0.4, -0.2) is 32.6 Å². The minimum atomic E-state index is -0.248. The van der Waals surface area contributed by atoms with Crippen LogP contribution in [0.4, 0.5) is 5.82 Å². The first-order valence-corrected chi connectivity index (χ1v) is 5.61. The molecule has 0 aliphatic rings. The molecule has 4 N–H and O–H groups in total. The molecule has 0 aromatic carbocycles. The van der Waals surface area contributed by atoms with Gasteiger partial charge < -0.3 is 16.0 Å². The van der Waals surface area contributed by atoms with Gasteiger partial charge in [0.15, 0.2) is 5.69 Å².